The second-order valence-electron chi connectivity index (χ2n) is 8.07. The smallest absolute Gasteiger partial charge is 0.238 e. The number of piperidine rings is 1. The summed E-state index contributed by atoms with van der Waals surface area (Å²) in [5, 5.41) is 2.75. The molecule has 8 heteroatoms. The van der Waals surface area contributed by atoms with Gasteiger partial charge in [-0.05, 0) is 55.8 Å². The molecule has 0 radical (unpaired) electrons. The molecular formula is C22H24ClFN4O2. The standard InChI is InChI=1S/C22H24ClFN4O2/c23-17-11-15(5-6-18(17)24)26-21(30)13-27-9-7-22(8-10-27)14-28(12-20(25)29)19-4-2-1-3-16(19)22/h1-6,11H,7-10,12-14H2,(H2,25,29)(H,26,30). The minimum atomic E-state index is -0.516. The molecule has 1 fully saturated rings. The molecule has 0 saturated carbocycles. The Morgan fingerprint density at radius 1 is 1.13 bits per heavy atom. The van der Waals surface area contributed by atoms with Gasteiger partial charge < -0.3 is 16.0 Å². The molecule has 0 bridgehead atoms. The maximum absolute atomic E-state index is 13.3. The van der Waals surface area contributed by atoms with E-state index in [4.69, 9.17) is 17.3 Å². The summed E-state index contributed by atoms with van der Waals surface area (Å²) in [6.45, 7) is 2.79. The van der Waals surface area contributed by atoms with E-state index in [9.17, 15) is 14.0 Å². The highest BCUT2D eigenvalue weighted by atomic mass is 35.5. The molecule has 2 heterocycles. The second-order valence-corrected chi connectivity index (χ2v) is 8.48. The third kappa shape index (κ3) is 4.13. The van der Waals surface area contributed by atoms with E-state index >= 15 is 0 Å². The number of benzene rings is 2. The second kappa shape index (κ2) is 8.24. The van der Waals surface area contributed by atoms with Gasteiger partial charge >= 0.3 is 0 Å². The molecule has 30 heavy (non-hydrogen) atoms. The Hall–Kier alpha value is -2.64. The lowest BCUT2D eigenvalue weighted by molar-refractivity contribution is -0.118. The first kappa shape index (κ1) is 20.6. The van der Waals surface area contributed by atoms with Gasteiger partial charge in [-0.25, -0.2) is 4.39 Å². The molecular weight excluding hydrogens is 407 g/mol. The SMILES string of the molecule is NC(=O)CN1CC2(CCN(CC(=O)Nc3ccc(F)c(Cl)c3)CC2)c2ccccc21. The minimum Gasteiger partial charge on any atom is -0.368 e. The highest BCUT2D eigenvalue weighted by Crippen LogP contribution is 2.46. The van der Waals surface area contributed by atoms with E-state index in [1.807, 2.05) is 18.2 Å². The fourth-order valence-electron chi connectivity index (χ4n) is 4.61. The Labute approximate surface area is 179 Å². The van der Waals surface area contributed by atoms with Gasteiger partial charge in [-0.15, -0.1) is 0 Å². The van der Waals surface area contributed by atoms with Crippen molar-refractivity contribution in [3.05, 3.63) is 58.9 Å². The fourth-order valence-corrected chi connectivity index (χ4v) is 4.79. The number of halogens is 2. The summed E-state index contributed by atoms with van der Waals surface area (Å²) in [4.78, 5) is 28.1. The maximum atomic E-state index is 13.3. The first-order valence-electron chi connectivity index (χ1n) is 9.96. The summed E-state index contributed by atoms with van der Waals surface area (Å²) in [5.74, 6) is -1.01. The number of anilines is 2. The topological polar surface area (TPSA) is 78.7 Å². The molecule has 2 aromatic carbocycles. The molecule has 4 rings (SSSR count). The Bertz CT molecular complexity index is 975. The molecule has 2 amide bonds. The maximum Gasteiger partial charge on any atom is 0.238 e. The lowest BCUT2D eigenvalue weighted by Crippen LogP contribution is -2.47. The Morgan fingerprint density at radius 3 is 2.57 bits per heavy atom. The number of nitrogens with two attached hydrogens (primary N) is 1. The van der Waals surface area contributed by atoms with E-state index in [0.717, 1.165) is 38.2 Å². The summed E-state index contributed by atoms with van der Waals surface area (Å²) < 4.78 is 13.3. The number of nitrogens with one attached hydrogen (secondary N) is 1. The van der Waals surface area contributed by atoms with Crippen LogP contribution in [0.3, 0.4) is 0 Å². The molecule has 1 spiro atoms. The lowest BCUT2D eigenvalue weighted by atomic mass is 9.74. The van der Waals surface area contributed by atoms with Crippen molar-refractivity contribution in [1.29, 1.82) is 0 Å². The number of nitrogens with zero attached hydrogens (tertiary/aromatic N) is 2. The third-order valence-electron chi connectivity index (χ3n) is 6.04. The average Bonchev–Trinajstić information content (AvgIpc) is 3.00. The molecule has 2 aromatic rings. The van der Waals surface area contributed by atoms with Crippen LogP contribution in [-0.4, -0.2) is 49.4 Å². The fraction of sp³-hybridized carbons (Fsp3) is 0.364. The molecule has 1 saturated heterocycles. The van der Waals surface area contributed by atoms with Crippen LogP contribution in [0.25, 0.3) is 0 Å². The predicted octanol–water partition coefficient (Wildman–Crippen LogP) is 2.76. The monoisotopic (exact) mass is 430 g/mol. The van der Waals surface area contributed by atoms with Crippen LogP contribution < -0.4 is 16.0 Å². The first-order chi connectivity index (χ1) is 14.4. The molecule has 0 atom stereocenters. The van der Waals surface area contributed by atoms with E-state index in [-0.39, 0.29) is 35.3 Å². The summed E-state index contributed by atoms with van der Waals surface area (Å²) in [6.07, 6.45) is 1.80. The lowest BCUT2D eigenvalue weighted by Gasteiger charge is -2.39. The number of fused-ring (bicyclic) bond motifs is 2. The van der Waals surface area contributed by atoms with Crippen molar-refractivity contribution in [1.82, 2.24) is 4.90 Å². The van der Waals surface area contributed by atoms with Crippen molar-refractivity contribution in [3.63, 3.8) is 0 Å². The van der Waals surface area contributed by atoms with E-state index in [2.05, 4.69) is 21.2 Å². The zero-order valence-electron chi connectivity index (χ0n) is 16.5. The van der Waals surface area contributed by atoms with Crippen molar-refractivity contribution in [2.75, 3.05) is 42.9 Å². The molecule has 0 unspecified atom stereocenters. The van der Waals surface area contributed by atoms with Crippen LogP contribution in [0.15, 0.2) is 42.5 Å². The van der Waals surface area contributed by atoms with E-state index in [0.29, 0.717) is 5.69 Å². The van der Waals surface area contributed by atoms with E-state index in [1.54, 1.807) is 0 Å². The average molecular weight is 431 g/mol. The normalized spacial score (nSPS) is 17.7. The van der Waals surface area contributed by atoms with E-state index < -0.39 is 5.82 Å². The van der Waals surface area contributed by atoms with Gasteiger partial charge in [0, 0.05) is 23.3 Å². The van der Waals surface area contributed by atoms with Crippen LogP contribution in [-0.2, 0) is 15.0 Å². The molecule has 3 N–H and O–H groups in total. The van der Waals surface area contributed by atoms with Crippen LogP contribution in [0.5, 0.6) is 0 Å². The van der Waals surface area contributed by atoms with E-state index in [1.165, 1.54) is 23.8 Å². The van der Waals surface area contributed by atoms with Gasteiger partial charge in [-0.1, -0.05) is 29.8 Å². The van der Waals surface area contributed by atoms with Crippen molar-refractivity contribution >= 4 is 34.8 Å². The quantitative estimate of drug-likeness (QED) is 0.764. The molecule has 2 aliphatic heterocycles. The molecule has 6 nitrogen and oxygen atoms in total. The number of likely N-dealkylation sites (tertiary alicyclic amines) is 1. The van der Waals surface area contributed by atoms with Crippen molar-refractivity contribution < 1.29 is 14.0 Å². The molecule has 0 aliphatic carbocycles. The van der Waals surface area contributed by atoms with Crippen LogP contribution in [0, 0.1) is 5.82 Å². The molecule has 2 aliphatic rings. The van der Waals surface area contributed by atoms with Crippen LogP contribution in [0.1, 0.15) is 18.4 Å². The Balaban J connectivity index is 1.38. The predicted molar refractivity (Wildman–Crippen MR) is 115 cm³/mol. The summed E-state index contributed by atoms with van der Waals surface area (Å²) in [5.41, 5.74) is 8.24. The van der Waals surface area contributed by atoms with Gasteiger partial charge in [0.25, 0.3) is 0 Å². The number of amides is 2. The van der Waals surface area contributed by atoms with Gasteiger partial charge in [0.1, 0.15) is 5.82 Å². The van der Waals surface area contributed by atoms with Gasteiger partial charge in [-0.3, -0.25) is 14.5 Å². The largest absolute Gasteiger partial charge is 0.368 e. The van der Waals surface area contributed by atoms with Crippen molar-refractivity contribution in [3.8, 4) is 0 Å². The number of carbonyl (C=O) groups excluding carboxylic acids is 2. The number of hydrogen-bond donors (Lipinski definition) is 2. The van der Waals surface area contributed by atoms with Gasteiger partial charge in [0.15, 0.2) is 0 Å². The van der Waals surface area contributed by atoms with Crippen LogP contribution in [0.2, 0.25) is 5.02 Å². The van der Waals surface area contributed by atoms with Gasteiger partial charge in [-0.2, -0.15) is 0 Å². The number of hydrogen-bond acceptors (Lipinski definition) is 4. The zero-order valence-corrected chi connectivity index (χ0v) is 17.3. The number of primary amides is 1. The van der Waals surface area contributed by atoms with Crippen molar-refractivity contribution in [2.45, 2.75) is 18.3 Å². The number of carbonyl (C=O) groups is 2. The Kier molecular flexibility index (Phi) is 5.66. The van der Waals surface area contributed by atoms with Crippen LogP contribution >= 0.6 is 11.6 Å². The van der Waals surface area contributed by atoms with Crippen molar-refractivity contribution in [2.24, 2.45) is 5.73 Å². The highest BCUT2D eigenvalue weighted by Gasteiger charge is 2.44. The van der Waals surface area contributed by atoms with Gasteiger partial charge in [0.2, 0.25) is 11.8 Å². The number of para-hydroxylation sites is 1. The third-order valence-corrected chi connectivity index (χ3v) is 6.33. The summed E-state index contributed by atoms with van der Waals surface area (Å²) >= 11 is 5.77. The summed E-state index contributed by atoms with van der Waals surface area (Å²) in [6, 6.07) is 12.3. The van der Waals surface area contributed by atoms with Crippen LogP contribution in [0.4, 0.5) is 15.8 Å². The molecule has 158 valence electrons. The Morgan fingerprint density at radius 2 is 1.87 bits per heavy atom. The molecule has 0 aromatic heterocycles. The first-order valence-corrected chi connectivity index (χ1v) is 10.3. The minimum absolute atomic E-state index is 0.0203. The highest BCUT2D eigenvalue weighted by molar-refractivity contribution is 6.31. The van der Waals surface area contributed by atoms with Gasteiger partial charge in [0.05, 0.1) is 18.1 Å². The summed E-state index contributed by atoms with van der Waals surface area (Å²) in [7, 11) is 0. The zero-order chi connectivity index (χ0) is 21.3. The number of rotatable bonds is 5.